The van der Waals surface area contributed by atoms with E-state index in [0.29, 0.717) is 28.5 Å². The van der Waals surface area contributed by atoms with Gasteiger partial charge in [0.05, 0.1) is 16.3 Å². The van der Waals surface area contributed by atoms with Gasteiger partial charge in [-0.1, -0.05) is 30.7 Å². The van der Waals surface area contributed by atoms with Crippen LogP contribution in [0.25, 0.3) is 0 Å². The molecule has 7 heteroatoms. The Morgan fingerprint density at radius 1 is 1.16 bits per heavy atom. The molecule has 0 aromatic heterocycles. The van der Waals surface area contributed by atoms with Gasteiger partial charge in [0, 0.05) is 0 Å². The molecule has 2 rings (SSSR count). The van der Waals surface area contributed by atoms with Crippen molar-refractivity contribution in [2.75, 3.05) is 6.61 Å². The minimum Gasteiger partial charge on any atom is -0.482 e. The van der Waals surface area contributed by atoms with Crippen LogP contribution in [0.3, 0.4) is 0 Å². The fourth-order valence-corrected chi connectivity index (χ4v) is 2.28. The average Bonchev–Trinajstić information content (AvgIpc) is 2.61. The van der Waals surface area contributed by atoms with Gasteiger partial charge in [-0.2, -0.15) is 5.10 Å². The summed E-state index contributed by atoms with van der Waals surface area (Å²) in [6.07, 6.45) is 0.595. The summed E-state index contributed by atoms with van der Waals surface area (Å²) >= 11 is 5.99. The molecule has 0 saturated carbocycles. The van der Waals surface area contributed by atoms with E-state index < -0.39 is 18.5 Å². The molecule has 6 nitrogen and oxygen atoms in total. The molecule has 2 aromatic rings. The first-order valence-corrected chi connectivity index (χ1v) is 7.95. The first-order valence-electron chi connectivity index (χ1n) is 7.57. The maximum atomic E-state index is 12.1. The number of ether oxygens (including phenoxy) is 1. The Balaban J connectivity index is 2.08. The molecular weight excluding hydrogens is 344 g/mol. The standard InChI is InChI=1S/C18H17ClN2O4/c1-2-16(12-7-9-13(10-8-12)25-11-17(22)23)20-21-18(24)14-5-3-4-6-15(14)19/h3-10H,2,11H2,1H3,(H,21,24)(H,22,23)/b20-16-. The van der Waals surface area contributed by atoms with Gasteiger partial charge in [-0.15, -0.1) is 0 Å². The van der Waals surface area contributed by atoms with E-state index in [1.807, 2.05) is 6.92 Å². The lowest BCUT2D eigenvalue weighted by Crippen LogP contribution is -2.20. The molecule has 0 radical (unpaired) electrons. The Morgan fingerprint density at radius 2 is 1.84 bits per heavy atom. The van der Waals surface area contributed by atoms with Crippen molar-refractivity contribution < 1.29 is 19.4 Å². The summed E-state index contributed by atoms with van der Waals surface area (Å²) in [6, 6.07) is 13.5. The van der Waals surface area contributed by atoms with Crippen LogP contribution in [-0.2, 0) is 4.79 Å². The van der Waals surface area contributed by atoms with Gasteiger partial charge < -0.3 is 9.84 Å². The molecule has 130 valence electrons. The maximum absolute atomic E-state index is 12.1. The SMILES string of the molecule is CC/C(=N/NC(=O)c1ccccc1Cl)c1ccc(OCC(=O)O)cc1. The summed E-state index contributed by atoms with van der Waals surface area (Å²) in [7, 11) is 0. The number of amides is 1. The Labute approximate surface area is 150 Å². The number of nitrogens with one attached hydrogen (secondary N) is 1. The average molecular weight is 361 g/mol. The van der Waals surface area contributed by atoms with Crippen LogP contribution >= 0.6 is 11.6 Å². The Bertz CT molecular complexity index is 788. The molecule has 1 amide bonds. The van der Waals surface area contributed by atoms with Crippen LogP contribution in [0, 0.1) is 0 Å². The molecule has 0 bridgehead atoms. The van der Waals surface area contributed by atoms with Crippen molar-refractivity contribution in [3.8, 4) is 5.75 Å². The largest absolute Gasteiger partial charge is 0.482 e. The molecule has 0 spiro atoms. The third kappa shape index (κ3) is 5.32. The van der Waals surface area contributed by atoms with Crippen LogP contribution in [0.5, 0.6) is 5.75 Å². The van der Waals surface area contributed by atoms with Gasteiger partial charge in [0.1, 0.15) is 5.75 Å². The quantitative estimate of drug-likeness (QED) is 0.585. The molecule has 2 N–H and O–H groups in total. The minimum atomic E-state index is -1.04. The molecule has 0 fully saturated rings. The zero-order valence-corrected chi connectivity index (χ0v) is 14.3. The van der Waals surface area contributed by atoms with Gasteiger partial charge in [-0.05, 0) is 48.4 Å². The highest BCUT2D eigenvalue weighted by atomic mass is 35.5. The number of hydrogen-bond donors (Lipinski definition) is 2. The summed E-state index contributed by atoms with van der Waals surface area (Å²) in [5.41, 5.74) is 4.31. The van der Waals surface area contributed by atoms with Crippen molar-refractivity contribution in [2.24, 2.45) is 5.10 Å². The zero-order valence-electron chi connectivity index (χ0n) is 13.5. The first-order chi connectivity index (χ1) is 12.0. The zero-order chi connectivity index (χ0) is 18.2. The Hall–Kier alpha value is -2.86. The van der Waals surface area contributed by atoms with Crippen molar-refractivity contribution in [1.29, 1.82) is 0 Å². The fraction of sp³-hybridized carbons (Fsp3) is 0.167. The fourth-order valence-electron chi connectivity index (χ4n) is 2.06. The lowest BCUT2D eigenvalue weighted by molar-refractivity contribution is -0.139. The number of hydrogen-bond acceptors (Lipinski definition) is 4. The maximum Gasteiger partial charge on any atom is 0.341 e. The van der Waals surface area contributed by atoms with Crippen molar-refractivity contribution in [3.63, 3.8) is 0 Å². The molecule has 0 atom stereocenters. The molecule has 2 aromatic carbocycles. The van der Waals surface area contributed by atoms with Crippen LogP contribution in [0.4, 0.5) is 0 Å². The predicted octanol–water partition coefficient (Wildman–Crippen LogP) is 3.35. The highest BCUT2D eigenvalue weighted by Gasteiger charge is 2.09. The van der Waals surface area contributed by atoms with Crippen LogP contribution in [-0.4, -0.2) is 29.3 Å². The summed E-state index contributed by atoms with van der Waals surface area (Å²) in [4.78, 5) is 22.6. The Kier molecular flexibility index (Phi) is 6.54. The van der Waals surface area contributed by atoms with Gasteiger partial charge in [0.2, 0.25) is 0 Å². The highest BCUT2D eigenvalue weighted by molar-refractivity contribution is 6.33. The molecule has 0 saturated heterocycles. The van der Waals surface area contributed by atoms with Crippen molar-refractivity contribution in [2.45, 2.75) is 13.3 Å². The summed E-state index contributed by atoms with van der Waals surface area (Å²) < 4.78 is 5.08. The molecule has 25 heavy (non-hydrogen) atoms. The number of hydrazone groups is 1. The Morgan fingerprint density at radius 3 is 2.44 bits per heavy atom. The number of rotatable bonds is 7. The first kappa shape index (κ1) is 18.5. The van der Waals surface area contributed by atoms with Crippen molar-refractivity contribution >= 4 is 29.2 Å². The highest BCUT2D eigenvalue weighted by Crippen LogP contribution is 2.16. The molecule has 0 heterocycles. The van der Waals surface area contributed by atoms with Crippen molar-refractivity contribution in [1.82, 2.24) is 5.43 Å². The van der Waals surface area contributed by atoms with Crippen LogP contribution in [0.1, 0.15) is 29.3 Å². The topological polar surface area (TPSA) is 88.0 Å². The molecule has 0 aliphatic carbocycles. The third-order valence-corrected chi connectivity index (χ3v) is 3.63. The lowest BCUT2D eigenvalue weighted by atomic mass is 10.1. The lowest BCUT2D eigenvalue weighted by Gasteiger charge is -2.08. The third-order valence-electron chi connectivity index (χ3n) is 3.30. The van der Waals surface area contributed by atoms with E-state index in [2.05, 4.69) is 10.5 Å². The number of halogens is 1. The minimum absolute atomic E-state index is 0.348. The van der Waals surface area contributed by atoms with Gasteiger partial charge in [-0.3, -0.25) is 4.79 Å². The smallest absolute Gasteiger partial charge is 0.341 e. The number of nitrogens with zero attached hydrogens (tertiary/aromatic N) is 1. The molecule has 0 unspecified atom stereocenters. The molecular formula is C18H17ClN2O4. The van der Waals surface area contributed by atoms with E-state index in [9.17, 15) is 9.59 Å². The van der Waals surface area contributed by atoms with Gasteiger partial charge in [0.25, 0.3) is 5.91 Å². The predicted molar refractivity (Wildman–Crippen MR) is 95.3 cm³/mol. The number of benzene rings is 2. The molecule has 0 aliphatic rings. The second-order valence-corrected chi connectivity index (χ2v) is 5.45. The number of carboxylic acid groups (broad SMARTS) is 1. The van der Waals surface area contributed by atoms with Crippen LogP contribution in [0.2, 0.25) is 5.02 Å². The van der Waals surface area contributed by atoms with Gasteiger partial charge in [0.15, 0.2) is 6.61 Å². The second kappa shape index (κ2) is 8.84. The monoisotopic (exact) mass is 360 g/mol. The summed E-state index contributed by atoms with van der Waals surface area (Å²) in [6.45, 7) is 1.51. The van der Waals surface area contributed by atoms with Crippen LogP contribution < -0.4 is 10.2 Å². The van der Waals surface area contributed by atoms with Crippen LogP contribution in [0.15, 0.2) is 53.6 Å². The van der Waals surface area contributed by atoms with Crippen molar-refractivity contribution in [3.05, 3.63) is 64.7 Å². The number of aliphatic carboxylic acids is 1. The van der Waals surface area contributed by atoms with E-state index in [1.165, 1.54) is 0 Å². The van der Waals surface area contributed by atoms with E-state index in [4.69, 9.17) is 21.4 Å². The normalized spacial score (nSPS) is 11.0. The number of carbonyl (C=O) groups is 2. The summed E-state index contributed by atoms with van der Waals surface area (Å²) in [5, 5.41) is 13.1. The number of carbonyl (C=O) groups excluding carboxylic acids is 1. The van der Waals surface area contributed by atoms with E-state index in [1.54, 1.807) is 48.5 Å². The number of carboxylic acids is 1. The van der Waals surface area contributed by atoms with Gasteiger partial charge >= 0.3 is 5.97 Å². The molecule has 0 aliphatic heterocycles. The summed E-state index contributed by atoms with van der Waals surface area (Å²) in [5.74, 6) is -0.984. The second-order valence-electron chi connectivity index (χ2n) is 5.04. The van der Waals surface area contributed by atoms with E-state index in [0.717, 1.165) is 5.56 Å². The van der Waals surface area contributed by atoms with Gasteiger partial charge in [-0.25, -0.2) is 10.2 Å². The van der Waals surface area contributed by atoms with E-state index >= 15 is 0 Å². The van der Waals surface area contributed by atoms with E-state index in [-0.39, 0.29) is 0 Å².